The first-order valence-electron chi connectivity index (χ1n) is 5.98. The summed E-state index contributed by atoms with van der Waals surface area (Å²) in [5.41, 5.74) is -0.238. The Hall–Kier alpha value is -2.18. The monoisotopic (exact) mass is 286 g/mol. The van der Waals surface area contributed by atoms with E-state index in [-0.39, 0.29) is 17.2 Å². The molecule has 0 aliphatic carbocycles. The van der Waals surface area contributed by atoms with Crippen LogP contribution >= 0.6 is 0 Å². The minimum absolute atomic E-state index is 0.110. The standard InChI is InChI=1S/C13H16F2N2O3/c1-6(2)11(12(18)19)17-13(20)16-10-5-8(14)7(3)4-9(10)15/h4-6,11H,1-3H3,(H,18,19)(H2,16,17,20)/t11-/m0/s1. The highest BCUT2D eigenvalue weighted by atomic mass is 19.1. The third-order valence-electron chi connectivity index (χ3n) is 2.72. The zero-order chi connectivity index (χ0) is 15.4. The number of rotatable bonds is 4. The first-order valence-corrected chi connectivity index (χ1v) is 5.98. The van der Waals surface area contributed by atoms with Crippen LogP contribution in [0, 0.1) is 24.5 Å². The molecule has 0 unspecified atom stereocenters. The van der Waals surface area contributed by atoms with Crippen LogP contribution in [0.25, 0.3) is 0 Å². The van der Waals surface area contributed by atoms with Crippen LogP contribution in [0.1, 0.15) is 19.4 Å². The topological polar surface area (TPSA) is 78.4 Å². The summed E-state index contributed by atoms with van der Waals surface area (Å²) < 4.78 is 26.8. The normalized spacial score (nSPS) is 12.1. The number of halogens is 2. The van der Waals surface area contributed by atoms with E-state index in [0.717, 1.165) is 12.1 Å². The van der Waals surface area contributed by atoms with Crippen LogP contribution in [0.5, 0.6) is 0 Å². The quantitative estimate of drug-likeness (QED) is 0.795. The summed E-state index contributed by atoms with van der Waals surface area (Å²) in [4.78, 5) is 22.5. The average Bonchev–Trinajstić information content (AvgIpc) is 2.32. The highest BCUT2D eigenvalue weighted by Gasteiger charge is 2.23. The Morgan fingerprint density at radius 1 is 1.20 bits per heavy atom. The second kappa shape index (κ2) is 6.31. The second-order valence-corrected chi connectivity index (χ2v) is 4.74. The fraction of sp³-hybridized carbons (Fsp3) is 0.385. The SMILES string of the molecule is Cc1cc(F)c(NC(=O)N[C@H](C(=O)O)C(C)C)cc1F. The lowest BCUT2D eigenvalue weighted by atomic mass is 10.1. The van der Waals surface area contributed by atoms with Gasteiger partial charge in [-0.25, -0.2) is 18.4 Å². The van der Waals surface area contributed by atoms with Crippen molar-refractivity contribution in [3.63, 3.8) is 0 Å². The van der Waals surface area contributed by atoms with Crippen molar-refractivity contribution in [3.8, 4) is 0 Å². The number of carboxylic acid groups (broad SMARTS) is 1. The number of carboxylic acids is 1. The predicted molar refractivity (Wildman–Crippen MR) is 69.5 cm³/mol. The molecule has 0 fully saturated rings. The van der Waals surface area contributed by atoms with E-state index >= 15 is 0 Å². The molecule has 5 nitrogen and oxygen atoms in total. The van der Waals surface area contributed by atoms with E-state index in [4.69, 9.17) is 5.11 Å². The van der Waals surface area contributed by atoms with Crippen molar-refractivity contribution < 1.29 is 23.5 Å². The molecule has 3 N–H and O–H groups in total. The number of aliphatic carboxylic acids is 1. The number of carbonyl (C=O) groups excluding carboxylic acids is 1. The fourth-order valence-electron chi connectivity index (χ4n) is 1.56. The zero-order valence-corrected chi connectivity index (χ0v) is 11.3. The predicted octanol–water partition coefficient (Wildman–Crippen LogP) is 2.50. The molecule has 0 saturated heterocycles. The molecule has 0 aliphatic rings. The molecule has 1 aromatic carbocycles. The lowest BCUT2D eigenvalue weighted by Gasteiger charge is -2.18. The van der Waals surface area contributed by atoms with E-state index in [1.807, 2.05) is 0 Å². The van der Waals surface area contributed by atoms with Crippen LogP contribution in [0.4, 0.5) is 19.3 Å². The van der Waals surface area contributed by atoms with Crippen molar-refractivity contribution in [1.82, 2.24) is 5.32 Å². The Morgan fingerprint density at radius 2 is 1.80 bits per heavy atom. The van der Waals surface area contributed by atoms with Gasteiger partial charge in [0, 0.05) is 6.07 Å². The molecule has 110 valence electrons. The van der Waals surface area contributed by atoms with Gasteiger partial charge in [-0.3, -0.25) is 0 Å². The Kier molecular flexibility index (Phi) is 5.01. The molecule has 0 bridgehead atoms. The van der Waals surface area contributed by atoms with Gasteiger partial charge in [0.1, 0.15) is 17.7 Å². The molecule has 7 heteroatoms. The van der Waals surface area contributed by atoms with Gasteiger partial charge in [0.25, 0.3) is 0 Å². The number of carbonyl (C=O) groups is 2. The van der Waals surface area contributed by atoms with Gasteiger partial charge in [0.15, 0.2) is 0 Å². The molecule has 1 rings (SSSR count). The molecule has 2 amide bonds. The van der Waals surface area contributed by atoms with Gasteiger partial charge < -0.3 is 15.7 Å². The number of nitrogens with one attached hydrogen (secondary N) is 2. The van der Waals surface area contributed by atoms with Crippen LogP contribution in [0.3, 0.4) is 0 Å². The summed E-state index contributed by atoms with van der Waals surface area (Å²) in [6.07, 6.45) is 0. The number of aryl methyl sites for hydroxylation is 1. The van der Waals surface area contributed by atoms with Gasteiger partial charge in [0.2, 0.25) is 0 Å². The van der Waals surface area contributed by atoms with Crippen molar-refractivity contribution in [3.05, 3.63) is 29.3 Å². The highest BCUT2D eigenvalue weighted by molar-refractivity contribution is 5.92. The molecular formula is C13H16F2N2O3. The minimum atomic E-state index is -1.20. The van der Waals surface area contributed by atoms with Crippen LogP contribution in [0.2, 0.25) is 0 Å². The van der Waals surface area contributed by atoms with E-state index < -0.39 is 29.7 Å². The van der Waals surface area contributed by atoms with E-state index in [9.17, 15) is 18.4 Å². The summed E-state index contributed by atoms with van der Waals surface area (Å²) in [5.74, 6) is -3.01. The number of anilines is 1. The number of urea groups is 1. The Bertz CT molecular complexity index is 533. The molecular weight excluding hydrogens is 270 g/mol. The van der Waals surface area contributed by atoms with Crippen LogP contribution in [-0.4, -0.2) is 23.1 Å². The third-order valence-corrected chi connectivity index (χ3v) is 2.72. The van der Waals surface area contributed by atoms with Gasteiger partial charge in [-0.05, 0) is 24.5 Å². The summed E-state index contributed by atoms with van der Waals surface area (Å²) in [6, 6.07) is -0.237. The maximum atomic E-state index is 13.5. The van der Waals surface area contributed by atoms with Gasteiger partial charge >= 0.3 is 12.0 Å². The number of amides is 2. The molecule has 1 atom stereocenters. The van der Waals surface area contributed by atoms with Crippen molar-refractivity contribution >= 4 is 17.7 Å². The fourth-order valence-corrected chi connectivity index (χ4v) is 1.56. The van der Waals surface area contributed by atoms with Crippen molar-refractivity contribution in [2.75, 3.05) is 5.32 Å². The number of benzene rings is 1. The molecule has 0 aromatic heterocycles. The number of hydrogen-bond donors (Lipinski definition) is 3. The Morgan fingerprint density at radius 3 is 2.30 bits per heavy atom. The summed E-state index contributed by atoms with van der Waals surface area (Å²) >= 11 is 0. The van der Waals surface area contributed by atoms with Crippen molar-refractivity contribution in [2.24, 2.45) is 5.92 Å². The average molecular weight is 286 g/mol. The zero-order valence-electron chi connectivity index (χ0n) is 11.3. The third kappa shape index (κ3) is 3.91. The molecule has 0 aliphatic heterocycles. The minimum Gasteiger partial charge on any atom is -0.480 e. The Balaban J connectivity index is 2.81. The summed E-state index contributed by atoms with van der Waals surface area (Å²) in [6.45, 7) is 4.62. The summed E-state index contributed by atoms with van der Waals surface area (Å²) in [5, 5.41) is 13.2. The first kappa shape index (κ1) is 15.9. The van der Waals surface area contributed by atoms with Crippen molar-refractivity contribution in [2.45, 2.75) is 26.8 Å². The van der Waals surface area contributed by atoms with Crippen LogP contribution in [0.15, 0.2) is 12.1 Å². The molecule has 0 radical (unpaired) electrons. The van der Waals surface area contributed by atoms with Gasteiger partial charge in [-0.2, -0.15) is 0 Å². The lowest BCUT2D eigenvalue weighted by Crippen LogP contribution is -2.46. The lowest BCUT2D eigenvalue weighted by molar-refractivity contribution is -0.140. The maximum Gasteiger partial charge on any atom is 0.326 e. The molecule has 0 saturated carbocycles. The Labute approximate surface area is 115 Å². The second-order valence-electron chi connectivity index (χ2n) is 4.74. The van der Waals surface area contributed by atoms with Crippen molar-refractivity contribution in [1.29, 1.82) is 0 Å². The number of hydrogen-bond acceptors (Lipinski definition) is 2. The van der Waals surface area contributed by atoms with Crippen LogP contribution < -0.4 is 10.6 Å². The van der Waals surface area contributed by atoms with E-state index in [1.165, 1.54) is 6.92 Å². The van der Waals surface area contributed by atoms with Gasteiger partial charge in [-0.15, -0.1) is 0 Å². The van der Waals surface area contributed by atoms with E-state index in [0.29, 0.717) is 0 Å². The largest absolute Gasteiger partial charge is 0.480 e. The van der Waals surface area contributed by atoms with E-state index in [2.05, 4.69) is 10.6 Å². The van der Waals surface area contributed by atoms with Crippen LogP contribution in [-0.2, 0) is 4.79 Å². The highest BCUT2D eigenvalue weighted by Crippen LogP contribution is 2.18. The first-order chi connectivity index (χ1) is 9.22. The molecule has 20 heavy (non-hydrogen) atoms. The smallest absolute Gasteiger partial charge is 0.326 e. The molecule has 1 aromatic rings. The van der Waals surface area contributed by atoms with Gasteiger partial charge in [0.05, 0.1) is 5.69 Å². The molecule has 0 spiro atoms. The molecule has 0 heterocycles. The van der Waals surface area contributed by atoms with E-state index in [1.54, 1.807) is 13.8 Å². The summed E-state index contributed by atoms with van der Waals surface area (Å²) in [7, 11) is 0. The van der Waals surface area contributed by atoms with Gasteiger partial charge in [-0.1, -0.05) is 13.8 Å². The maximum absolute atomic E-state index is 13.5.